The van der Waals surface area contributed by atoms with Crippen LogP contribution in [-0.2, 0) is 6.54 Å². The first-order valence-electron chi connectivity index (χ1n) is 5.16. The monoisotopic (exact) mass is 186 g/mol. The van der Waals surface area contributed by atoms with Gasteiger partial charge in [-0.3, -0.25) is 0 Å². The maximum Gasteiger partial charge on any atom is 0.0485 e. The van der Waals surface area contributed by atoms with Crippen molar-refractivity contribution >= 4 is 10.9 Å². The normalized spacial score (nSPS) is 21.1. The molecule has 0 radical (unpaired) electrons. The van der Waals surface area contributed by atoms with Gasteiger partial charge >= 0.3 is 0 Å². The predicted octanol–water partition coefficient (Wildman–Crippen LogP) is 2.31. The third-order valence-electron chi connectivity index (χ3n) is 3.01. The highest BCUT2D eigenvalue weighted by atomic mass is 15.1. The van der Waals surface area contributed by atoms with Crippen LogP contribution in [0.25, 0.3) is 10.9 Å². The van der Waals surface area contributed by atoms with Crippen molar-refractivity contribution in [3.8, 4) is 0 Å². The minimum atomic E-state index is 0.568. The quantitative estimate of drug-likeness (QED) is 0.668. The van der Waals surface area contributed by atoms with Gasteiger partial charge in [0.05, 0.1) is 0 Å². The number of rotatable bonds is 0. The minimum absolute atomic E-state index is 0.568. The molecule has 1 N–H and O–H groups in total. The molecule has 72 valence electrons. The molecule has 2 heterocycles. The van der Waals surface area contributed by atoms with Crippen LogP contribution in [0.2, 0.25) is 0 Å². The van der Waals surface area contributed by atoms with Gasteiger partial charge in [-0.05, 0) is 24.4 Å². The highest BCUT2D eigenvalue weighted by molar-refractivity contribution is 5.81. The molecular formula is C12H14N2. The lowest BCUT2D eigenvalue weighted by Crippen LogP contribution is -2.30. The van der Waals surface area contributed by atoms with Crippen molar-refractivity contribution in [1.29, 1.82) is 0 Å². The zero-order chi connectivity index (χ0) is 9.54. The van der Waals surface area contributed by atoms with E-state index in [1.807, 2.05) is 0 Å². The van der Waals surface area contributed by atoms with Crippen molar-refractivity contribution in [2.75, 3.05) is 6.54 Å². The zero-order valence-electron chi connectivity index (χ0n) is 8.33. The molecule has 14 heavy (non-hydrogen) atoms. The Morgan fingerprint density at radius 1 is 1.36 bits per heavy atom. The van der Waals surface area contributed by atoms with Crippen LogP contribution in [0.15, 0.2) is 30.3 Å². The molecule has 0 aliphatic carbocycles. The van der Waals surface area contributed by atoms with E-state index < -0.39 is 0 Å². The molecule has 0 saturated carbocycles. The van der Waals surface area contributed by atoms with Gasteiger partial charge in [0, 0.05) is 30.3 Å². The summed E-state index contributed by atoms with van der Waals surface area (Å²) in [5.74, 6) is 0. The Hall–Kier alpha value is -1.28. The summed E-state index contributed by atoms with van der Waals surface area (Å²) in [7, 11) is 0. The molecule has 3 rings (SSSR count). The molecular weight excluding hydrogens is 172 g/mol. The molecule has 1 aromatic heterocycles. The van der Waals surface area contributed by atoms with Crippen LogP contribution in [0, 0.1) is 0 Å². The molecule has 1 aromatic carbocycles. The number of nitrogens with one attached hydrogen (secondary N) is 1. The van der Waals surface area contributed by atoms with Crippen molar-refractivity contribution in [3.05, 3.63) is 36.0 Å². The molecule has 2 aromatic rings. The van der Waals surface area contributed by atoms with Gasteiger partial charge in [0.15, 0.2) is 0 Å². The fraction of sp³-hybridized carbons (Fsp3) is 0.333. The van der Waals surface area contributed by atoms with Gasteiger partial charge in [-0.2, -0.15) is 0 Å². The molecule has 2 heteroatoms. The van der Waals surface area contributed by atoms with Crippen molar-refractivity contribution < 1.29 is 0 Å². The standard InChI is InChI=1S/C12H14N2/c1-9-7-13-8-11-6-10-4-2-3-5-12(10)14(9)11/h2-6,9,13H,7-8H2,1H3. The lowest BCUT2D eigenvalue weighted by molar-refractivity contribution is 0.439. The minimum Gasteiger partial charge on any atom is -0.339 e. The van der Waals surface area contributed by atoms with Crippen LogP contribution >= 0.6 is 0 Å². The van der Waals surface area contributed by atoms with Crippen LogP contribution < -0.4 is 5.32 Å². The van der Waals surface area contributed by atoms with E-state index in [1.165, 1.54) is 16.6 Å². The summed E-state index contributed by atoms with van der Waals surface area (Å²) in [6.45, 7) is 4.34. The van der Waals surface area contributed by atoms with Crippen LogP contribution in [-0.4, -0.2) is 11.1 Å². The molecule has 1 atom stereocenters. The number of hydrogen-bond acceptors (Lipinski definition) is 1. The summed E-state index contributed by atoms with van der Waals surface area (Å²) in [6.07, 6.45) is 0. The van der Waals surface area contributed by atoms with Gasteiger partial charge < -0.3 is 9.88 Å². The van der Waals surface area contributed by atoms with E-state index in [0.717, 1.165) is 13.1 Å². The Morgan fingerprint density at radius 2 is 2.21 bits per heavy atom. The van der Waals surface area contributed by atoms with E-state index >= 15 is 0 Å². The average molecular weight is 186 g/mol. The summed E-state index contributed by atoms with van der Waals surface area (Å²) in [6, 6.07) is 11.5. The van der Waals surface area contributed by atoms with E-state index in [1.54, 1.807) is 0 Å². The Bertz CT molecular complexity index is 470. The lowest BCUT2D eigenvalue weighted by atomic mass is 10.2. The molecule has 1 unspecified atom stereocenters. The number of hydrogen-bond donors (Lipinski definition) is 1. The van der Waals surface area contributed by atoms with Gasteiger partial charge in [-0.1, -0.05) is 18.2 Å². The number of nitrogens with zero attached hydrogens (tertiary/aromatic N) is 1. The molecule has 0 amide bonds. The molecule has 2 nitrogen and oxygen atoms in total. The smallest absolute Gasteiger partial charge is 0.0485 e. The molecule has 0 fully saturated rings. The summed E-state index contributed by atoms with van der Waals surface area (Å²) >= 11 is 0. The van der Waals surface area contributed by atoms with E-state index in [9.17, 15) is 0 Å². The van der Waals surface area contributed by atoms with E-state index in [4.69, 9.17) is 0 Å². The fourth-order valence-electron chi connectivity index (χ4n) is 2.39. The lowest BCUT2D eigenvalue weighted by Gasteiger charge is -2.24. The Kier molecular flexibility index (Phi) is 1.64. The molecule has 1 aliphatic heterocycles. The fourth-order valence-corrected chi connectivity index (χ4v) is 2.39. The summed E-state index contributed by atoms with van der Waals surface area (Å²) in [5.41, 5.74) is 2.78. The molecule has 1 aliphatic rings. The van der Waals surface area contributed by atoms with Crippen LogP contribution in [0.3, 0.4) is 0 Å². The van der Waals surface area contributed by atoms with Crippen LogP contribution in [0.1, 0.15) is 18.7 Å². The summed E-state index contributed by atoms with van der Waals surface area (Å²) in [4.78, 5) is 0. The topological polar surface area (TPSA) is 17.0 Å². The third kappa shape index (κ3) is 1.01. The zero-order valence-corrected chi connectivity index (χ0v) is 8.33. The largest absolute Gasteiger partial charge is 0.339 e. The Balaban J connectivity index is 2.34. The first-order valence-corrected chi connectivity index (χ1v) is 5.16. The molecule has 0 spiro atoms. The second kappa shape index (κ2) is 2.85. The van der Waals surface area contributed by atoms with Gasteiger partial charge in [0.25, 0.3) is 0 Å². The number of fused-ring (bicyclic) bond motifs is 3. The van der Waals surface area contributed by atoms with E-state index in [2.05, 4.69) is 47.1 Å². The Morgan fingerprint density at radius 3 is 3.14 bits per heavy atom. The summed E-state index contributed by atoms with van der Waals surface area (Å²) < 4.78 is 2.45. The molecule has 0 bridgehead atoms. The van der Waals surface area contributed by atoms with Gasteiger partial charge in [-0.25, -0.2) is 0 Å². The number of aromatic nitrogens is 1. The van der Waals surface area contributed by atoms with Crippen molar-refractivity contribution in [2.24, 2.45) is 0 Å². The maximum absolute atomic E-state index is 3.43. The predicted molar refractivity (Wildman–Crippen MR) is 58.4 cm³/mol. The first-order chi connectivity index (χ1) is 6.86. The third-order valence-corrected chi connectivity index (χ3v) is 3.01. The number of benzene rings is 1. The summed E-state index contributed by atoms with van der Waals surface area (Å²) in [5, 5.41) is 4.79. The van der Waals surface area contributed by atoms with Crippen molar-refractivity contribution in [3.63, 3.8) is 0 Å². The Labute approximate surface area is 83.5 Å². The number of para-hydroxylation sites is 1. The van der Waals surface area contributed by atoms with Gasteiger partial charge in [0.2, 0.25) is 0 Å². The van der Waals surface area contributed by atoms with Crippen LogP contribution in [0.5, 0.6) is 0 Å². The van der Waals surface area contributed by atoms with Crippen LogP contribution in [0.4, 0.5) is 0 Å². The SMILES string of the molecule is CC1CNCc2cc3ccccc3n21. The maximum atomic E-state index is 3.43. The highest BCUT2D eigenvalue weighted by Crippen LogP contribution is 2.25. The van der Waals surface area contributed by atoms with Crippen molar-refractivity contribution in [2.45, 2.75) is 19.5 Å². The second-order valence-electron chi connectivity index (χ2n) is 4.04. The average Bonchev–Trinajstić information content (AvgIpc) is 2.57. The van der Waals surface area contributed by atoms with E-state index in [-0.39, 0.29) is 0 Å². The second-order valence-corrected chi connectivity index (χ2v) is 4.04. The molecule has 0 saturated heterocycles. The van der Waals surface area contributed by atoms with Gasteiger partial charge in [0.1, 0.15) is 0 Å². The van der Waals surface area contributed by atoms with Gasteiger partial charge in [-0.15, -0.1) is 0 Å². The van der Waals surface area contributed by atoms with E-state index in [0.29, 0.717) is 6.04 Å². The first kappa shape index (κ1) is 8.06. The van der Waals surface area contributed by atoms with Crippen molar-refractivity contribution in [1.82, 2.24) is 9.88 Å². The highest BCUT2D eigenvalue weighted by Gasteiger charge is 2.17.